The van der Waals surface area contributed by atoms with Crippen molar-refractivity contribution in [2.24, 2.45) is 5.41 Å². The Kier molecular flexibility index (Phi) is 4.30. The molecule has 0 saturated heterocycles. The molecule has 0 atom stereocenters. The fourth-order valence-corrected chi connectivity index (χ4v) is 0.969. The lowest BCUT2D eigenvalue weighted by atomic mass is 9.96. The van der Waals surface area contributed by atoms with E-state index < -0.39 is 0 Å². The molecule has 0 spiro atoms. The van der Waals surface area contributed by atoms with Gasteiger partial charge < -0.3 is 4.90 Å². The number of rotatable bonds is 4. The van der Waals surface area contributed by atoms with Gasteiger partial charge in [0.05, 0.1) is 0 Å². The third-order valence-electron chi connectivity index (χ3n) is 1.60. The fraction of sp³-hybridized carbons (Fsp3) is 1.00. The molecule has 0 radical (unpaired) electrons. The molecule has 0 unspecified atom stereocenters. The van der Waals surface area contributed by atoms with Gasteiger partial charge in [-0.25, -0.2) is 0 Å². The zero-order valence-electron chi connectivity index (χ0n) is 7.45. The van der Waals surface area contributed by atoms with Gasteiger partial charge in [0.2, 0.25) is 0 Å². The molecule has 0 aromatic heterocycles. The van der Waals surface area contributed by atoms with Gasteiger partial charge in [0.15, 0.2) is 0 Å². The summed E-state index contributed by atoms with van der Waals surface area (Å²) in [4.78, 5) is 2.28. The first-order chi connectivity index (χ1) is 4.52. The normalized spacial score (nSPS) is 12.6. The molecule has 10 heavy (non-hydrogen) atoms. The van der Waals surface area contributed by atoms with E-state index in [0.717, 1.165) is 19.0 Å². The molecule has 0 aromatic carbocycles. The topological polar surface area (TPSA) is 3.24 Å². The van der Waals surface area contributed by atoms with Gasteiger partial charge in [-0.3, -0.25) is 0 Å². The van der Waals surface area contributed by atoms with E-state index in [4.69, 9.17) is 11.6 Å². The van der Waals surface area contributed by atoms with Crippen molar-refractivity contribution in [3.05, 3.63) is 0 Å². The molecule has 0 fully saturated rings. The summed E-state index contributed by atoms with van der Waals surface area (Å²) in [6.07, 6.45) is 0. The summed E-state index contributed by atoms with van der Waals surface area (Å²) < 4.78 is 0. The maximum atomic E-state index is 5.77. The van der Waals surface area contributed by atoms with Crippen LogP contribution in [0.2, 0.25) is 0 Å². The molecule has 0 saturated carbocycles. The molecule has 1 nitrogen and oxygen atoms in total. The molecule has 0 aromatic rings. The minimum atomic E-state index is 0.256. The second-order valence-electron chi connectivity index (χ2n) is 3.63. The van der Waals surface area contributed by atoms with Crippen LogP contribution in [0.25, 0.3) is 0 Å². The summed E-state index contributed by atoms with van der Waals surface area (Å²) in [5, 5.41) is 0. The highest BCUT2D eigenvalue weighted by Gasteiger charge is 2.17. The monoisotopic (exact) mass is 163 g/mol. The lowest BCUT2D eigenvalue weighted by molar-refractivity contribution is 0.239. The van der Waals surface area contributed by atoms with Gasteiger partial charge in [0, 0.05) is 12.4 Å². The Labute approximate surface area is 69.4 Å². The highest BCUT2D eigenvalue weighted by molar-refractivity contribution is 6.18. The molecule has 0 aliphatic carbocycles. The zero-order chi connectivity index (χ0) is 8.20. The van der Waals surface area contributed by atoms with E-state index in [2.05, 4.69) is 32.7 Å². The molecule has 0 bridgehead atoms. The summed E-state index contributed by atoms with van der Waals surface area (Å²) in [7, 11) is 2.12. The quantitative estimate of drug-likeness (QED) is 0.575. The first kappa shape index (κ1) is 10.2. The van der Waals surface area contributed by atoms with E-state index in [9.17, 15) is 0 Å². The standard InChI is InChI=1S/C8H18ClN/c1-5-10(4)7-8(2,3)6-9/h5-7H2,1-4H3. The maximum Gasteiger partial charge on any atom is 0.0286 e. The Morgan fingerprint density at radius 1 is 1.40 bits per heavy atom. The summed E-state index contributed by atoms with van der Waals surface area (Å²) in [6, 6.07) is 0. The number of alkyl halides is 1. The number of nitrogens with zero attached hydrogens (tertiary/aromatic N) is 1. The summed E-state index contributed by atoms with van der Waals surface area (Å²) in [5.74, 6) is 0.733. The Morgan fingerprint density at radius 3 is 2.20 bits per heavy atom. The second-order valence-corrected chi connectivity index (χ2v) is 3.90. The van der Waals surface area contributed by atoms with Crippen molar-refractivity contribution < 1.29 is 0 Å². The van der Waals surface area contributed by atoms with E-state index in [0.29, 0.717) is 0 Å². The van der Waals surface area contributed by atoms with Gasteiger partial charge in [-0.1, -0.05) is 20.8 Å². The molecule has 0 aliphatic heterocycles. The van der Waals surface area contributed by atoms with Gasteiger partial charge in [0.25, 0.3) is 0 Å². The molecule has 0 N–H and O–H groups in total. The fourth-order valence-electron chi connectivity index (χ4n) is 0.885. The van der Waals surface area contributed by atoms with Crippen LogP contribution in [-0.4, -0.2) is 30.9 Å². The van der Waals surface area contributed by atoms with Crippen molar-refractivity contribution in [1.82, 2.24) is 4.90 Å². The van der Waals surface area contributed by atoms with Gasteiger partial charge in [0.1, 0.15) is 0 Å². The smallest absolute Gasteiger partial charge is 0.0286 e. The van der Waals surface area contributed by atoms with Crippen LogP contribution in [0.5, 0.6) is 0 Å². The molecule has 0 amide bonds. The number of hydrogen-bond acceptors (Lipinski definition) is 1. The van der Waals surface area contributed by atoms with Crippen molar-refractivity contribution in [2.45, 2.75) is 20.8 Å². The summed E-state index contributed by atoms with van der Waals surface area (Å²) in [6.45, 7) is 8.70. The third kappa shape index (κ3) is 4.13. The van der Waals surface area contributed by atoms with Crippen molar-refractivity contribution in [2.75, 3.05) is 26.0 Å². The Bertz CT molecular complexity index is 91.3. The van der Waals surface area contributed by atoms with Gasteiger partial charge in [-0.15, -0.1) is 11.6 Å². The molecular formula is C8H18ClN. The molecule has 2 heteroatoms. The lowest BCUT2D eigenvalue weighted by Crippen LogP contribution is -2.32. The van der Waals surface area contributed by atoms with E-state index >= 15 is 0 Å². The van der Waals surface area contributed by atoms with Gasteiger partial charge >= 0.3 is 0 Å². The Morgan fingerprint density at radius 2 is 1.90 bits per heavy atom. The summed E-state index contributed by atoms with van der Waals surface area (Å²) >= 11 is 5.77. The maximum absolute atomic E-state index is 5.77. The van der Waals surface area contributed by atoms with Crippen LogP contribution in [0.3, 0.4) is 0 Å². The van der Waals surface area contributed by atoms with E-state index in [1.54, 1.807) is 0 Å². The third-order valence-corrected chi connectivity index (χ3v) is 2.32. The molecule has 0 heterocycles. The van der Waals surface area contributed by atoms with Crippen LogP contribution in [-0.2, 0) is 0 Å². The molecule has 0 rings (SSSR count). The second kappa shape index (κ2) is 4.20. The predicted octanol–water partition coefficient (Wildman–Crippen LogP) is 2.20. The highest BCUT2D eigenvalue weighted by atomic mass is 35.5. The molecule has 62 valence electrons. The van der Waals surface area contributed by atoms with Crippen molar-refractivity contribution in [3.8, 4) is 0 Å². The van der Waals surface area contributed by atoms with Crippen LogP contribution in [0.4, 0.5) is 0 Å². The SMILES string of the molecule is CCN(C)CC(C)(C)CCl. The first-order valence-corrected chi connectivity index (χ1v) is 4.30. The average Bonchev–Trinajstić information content (AvgIpc) is 1.87. The van der Waals surface area contributed by atoms with E-state index in [1.807, 2.05) is 0 Å². The van der Waals surface area contributed by atoms with E-state index in [-0.39, 0.29) is 5.41 Å². The van der Waals surface area contributed by atoms with Gasteiger partial charge in [-0.05, 0) is 19.0 Å². The number of halogens is 1. The lowest BCUT2D eigenvalue weighted by Gasteiger charge is -2.27. The van der Waals surface area contributed by atoms with Crippen LogP contribution >= 0.6 is 11.6 Å². The van der Waals surface area contributed by atoms with E-state index in [1.165, 1.54) is 0 Å². The first-order valence-electron chi connectivity index (χ1n) is 3.76. The minimum Gasteiger partial charge on any atom is -0.306 e. The van der Waals surface area contributed by atoms with Crippen LogP contribution in [0.1, 0.15) is 20.8 Å². The van der Waals surface area contributed by atoms with Crippen LogP contribution in [0.15, 0.2) is 0 Å². The Hall–Kier alpha value is 0.250. The van der Waals surface area contributed by atoms with Crippen molar-refractivity contribution in [3.63, 3.8) is 0 Å². The van der Waals surface area contributed by atoms with Crippen molar-refractivity contribution in [1.29, 1.82) is 0 Å². The zero-order valence-corrected chi connectivity index (χ0v) is 8.20. The largest absolute Gasteiger partial charge is 0.306 e. The number of hydrogen-bond donors (Lipinski definition) is 0. The highest BCUT2D eigenvalue weighted by Crippen LogP contribution is 2.17. The summed E-state index contributed by atoms with van der Waals surface area (Å²) in [5.41, 5.74) is 0.256. The van der Waals surface area contributed by atoms with Crippen LogP contribution < -0.4 is 0 Å². The minimum absolute atomic E-state index is 0.256. The van der Waals surface area contributed by atoms with Crippen molar-refractivity contribution >= 4 is 11.6 Å². The average molecular weight is 164 g/mol. The van der Waals surface area contributed by atoms with Crippen LogP contribution in [0, 0.1) is 5.41 Å². The molecular weight excluding hydrogens is 146 g/mol. The predicted molar refractivity (Wildman–Crippen MR) is 47.7 cm³/mol. The Balaban J connectivity index is 3.64. The molecule has 0 aliphatic rings. The van der Waals surface area contributed by atoms with Gasteiger partial charge in [-0.2, -0.15) is 0 Å².